The van der Waals surface area contributed by atoms with Crippen LogP contribution in [0.3, 0.4) is 0 Å². The maximum Gasteiger partial charge on any atom is 0.207 e. The van der Waals surface area contributed by atoms with Crippen molar-refractivity contribution < 1.29 is 49.6 Å². The molecule has 0 unspecified atom stereocenters. The van der Waals surface area contributed by atoms with Gasteiger partial charge in [0.05, 0.1) is 26.9 Å². The van der Waals surface area contributed by atoms with Crippen LogP contribution in [0.15, 0.2) is 54.4 Å². The maximum absolute atomic E-state index is 13.4. The Labute approximate surface area is 389 Å². The molecule has 0 amide bonds. The van der Waals surface area contributed by atoms with Crippen LogP contribution >= 0.6 is 43.2 Å². The molecule has 2 fully saturated rings. The summed E-state index contributed by atoms with van der Waals surface area (Å²) in [6.07, 6.45) is 8.22. The zero-order chi connectivity index (χ0) is 44.5. The summed E-state index contributed by atoms with van der Waals surface area (Å²) in [6.45, 7) is 4.06. The Morgan fingerprint density at radius 2 is 1.80 bits per heavy atom. The Balaban J connectivity index is 1.25. The summed E-state index contributed by atoms with van der Waals surface area (Å²) >= 11 is 0. The molecule has 0 radical (unpaired) electrons. The highest BCUT2D eigenvalue weighted by atomic mass is 33.1. The topological polar surface area (TPSA) is 174 Å². The number of ether oxygens (including phenoxy) is 4. The molecule has 12 rings (SSSR count). The van der Waals surface area contributed by atoms with Crippen LogP contribution in [0.1, 0.15) is 98.4 Å². The number of phenolic OH excluding ortho intramolecular Hbond substituents is 3. The van der Waals surface area contributed by atoms with Gasteiger partial charge in [-0.3, -0.25) is 0 Å². The van der Waals surface area contributed by atoms with Gasteiger partial charge in [0.15, 0.2) is 17.1 Å². The van der Waals surface area contributed by atoms with Gasteiger partial charge in [-0.2, -0.15) is 0 Å². The molecule has 7 N–H and O–H groups in total. The van der Waals surface area contributed by atoms with Crippen molar-refractivity contribution in [1.29, 1.82) is 0 Å². The molecule has 6 heterocycles. The monoisotopic (exact) mass is 947 g/mol. The summed E-state index contributed by atoms with van der Waals surface area (Å²) < 4.78 is 25.7. The number of methoxy groups -OCH3 is 1. The highest BCUT2D eigenvalue weighted by Gasteiger charge is 2.61. The van der Waals surface area contributed by atoms with Crippen LogP contribution < -0.4 is 18.9 Å². The number of H-pyrrole nitrogens is 1. The molecule has 4 aromatic rings. The highest BCUT2D eigenvalue weighted by Crippen LogP contribution is 2.68. The Morgan fingerprint density at radius 3 is 2.56 bits per heavy atom. The molecule has 8 bridgehead atoms. The van der Waals surface area contributed by atoms with Gasteiger partial charge in [-0.15, -0.1) is 0 Å². The number of fused-ring (bicyclic) bond motifs is 5. The van der Waals surface area contributed by atoms with E-state index >= 15 is 0 Å². The van der Waals surface area contributed by atoms with Gasteiger partial charge >= 0.3 is 0 Å². The number of benzene rings is 3. The Kier molecular flexibility index (Phi) is 12.2. The van der Waals surface area contributed by atoms with Crippen LogP contribution in [-0.4, -0.2) is 97.3 Å². The molecule has 5 aliphatic heterocycles. The second kappa shape index (κ2) is 17.7. The van der Waals surface area contributed by atoms with Gasteiger partial charge < -0.3 is 54.6 Å². The van der Waals surface area contributed by atoms with Crippen LogP contribution in [0.4, 0.5) is 0 Å². The number of aliphatic hydroxyl groups excluding tert-OH is 3. The molecule has 64 heavy (non-hydrogen) atoms. The van der Waals surface area contributed by atoms with Gasteiger partial charge in [0.1, 0.15) is 30.0 Å². The lowest BCUT2D eigenvalue weighted by Gasteiger charge is -2.55. The summed E-state index contributed by atoms with van der Waals surface area (Å²) in [4.78, 5) is 3.31. The van der Waals surface area contributed by atoms with Crippen molar-refractivity contribution in [1.82, 2.24) is 4.98 Å². The number of aromatic nitrogens is 1. The zero-order valence-corrected chi connectivity index (χ0v) is 39.6. The predicted molar refractivity (Wildman–Crippen MR) is 257 cm³/mol. The molecule has 15 heteroatoms. The van der Waals surface area contributed by atoms with E-state index in [2.05, 4.69) is 31.1 Å². The first-order chi connectivity index (χ1) is 31.0. The van der Waals surface area contributed by atoms with E-state index < -0.39 is 23.0 Å². The predicted octanol–water partition coefficient (Wildman–Crippen LogP) is 9.63. The standard InChI is InChI=1S/C49H57NO10S4/c1-25(2)10-14-58-37-19-34(44(54)46(57-3)45(37)55)49-11-8-38-42(47(49)56)41-36(60-49)20-35(59-15-13-51)40-29-6-5-28(53)18-31(29)33-7-4-26-16-30(27-9-12-50-21-27)32(39(17-26)64-63-38)22-61-62-24-48(33,23-52)43(40)41/h5-6,9,12,18-21,25-26,33,38-39,42,47,50-56H,4,7-8,10-11,13-17,22-24H2,1-3H3/t26-,33+,38+,39+,42+,47-,48+,49+/m1/s1. The molecule has 11 nitrogen and oxygen atoms in total. The van der Waals surface area contributed by atoms with Gasteiger partial charge in [-0.1, -0.05) is 63.1 Å². The first-order valence-corrected chi connectivity index (χ1v) is 27.2. The van der Waals surface area contributed by atoms with Gasteiger partial charge in [-0.25, -0.2) is 0 Å². The second-order valence-electron chi connectivity index (χ2n) is 18.7. The van der Waals surface area contributed by atoms with Crippen LogP contribution in [-0.2, 0) is 11.0 Å². The largest absolute Gasteiger partial charge is 0.508 e. The van der Waals surface area contributed by atoms with Crippen LogP contribution in [0.2, 0.25) is 0 Å². The smallest absolute Gasteiger partial charge is 0.207 e. The van der Waals surface area contributed by atoms with Crippen molar-refractivity contribution in [3.8, 4) is 51.4 Å². The number of aliphatic hydroxyl groups is 3. The number of aromatic hydroxyl groups is 3. The van der Waals surface area contributed by atoms with Crippen LogP contribution in [0.25, 0.3) is 16.7 Å². The van der Waals surface area contributed by atoms with Crippen molar-refractivity contribution in [2.75, 3.05) is 45.0 Å². The Bertz CT molecular complexity index is 2440. The third kappa shape index (κ3) is 7.16. The lowest BCUT2D eigenvalue weighted by atomic mass is 9.56. The minimum absolute atomic E-state index is 0.000205. The molecule has 8 aliphatic rings. The second-order valence-corrected chi connectivity index (χ2v) is 23.8. The van der Waals surface area contributed by atoms with Crippen molar-refractivity contribution in [2.45, 2.75) is 98.2 Å². The number of nitrogens with one attached hydrogen (secondary N) is 1. The lowest BCUT2D eigenvalue weighted by molar-refractivity contribution is -0.112. The Morgan fingerprint density at radius 1 is 0.953 bits per heavy atom. The molecule has 3 aromatic carbocycles. The summed E-state index contributed by atoms with van der Waals surface area (Å²) in [5, 5.41) is 70.8. The minimum atomic E-state index is -1.52. The summed E-state index contributed by atoms with van der Waals surface area (Å²) in [7, 11) is 8.72. The van der Waals surface area contributed by atoms with Gasteiger partial charge in [0, 0.05) is 68.5 Å². The van der Waals surface area contributed by atoms with E-state index in [1.807, 2.05) is 56.8 Å². The quantitative estimate of drug-likeness (QED) is 0.0709. The first kappa shape index (κ1) is 44.4. The third-order valence-electron chi connectivity index (χ3n) is 14.8. The Hall–Kier alpha value is -3.44. The van der Waals surface area contributed by atoms with Crippen molar-refractivity contribution in [3.05, 3.63) is 82.2 Å². The average molecular weight is 948 g/mol. The average Bonchev–Trinajstić information content (AvgIpc) is 3.82. The van der Waals surface area contributed by atoms with E-state index in [0.717, 1.165) is 65.7 Å². The molecule has 3 aliphatic carbocycles. The summed E-state index contributed by atoms with van der Waals surface area (Å²) in [5.74, 6) is 1.69. The fourth-order valence-corrected chi connectivity index (χ4v) is 18.3. The molecule has 342 valence electrons. The first-order valence-electron chi connectivity index (χ1n) is 22.5. The fourth-order valence-electron chi connectivity index (χ4n) is 11.7. The SMILES string of the molecule is COc1c(O)c(OCCC(C)C)cc([C@@]23CC[C@@H]4SS[C@H]5C[C@@H]6CC[C@H]7c8cc(O)ccc8-c8c(OCCO)cc(c(c8[C@@]7(CO)CSSCC5=C(c5cc[nH]c5)C6)[C@H]4[C@H]2O)O3)c1O. The summed E-state index contributed by atoms with van der Waals surface area (Å²) in [5.41, 5.74) is 6.22. The normalized spacial score (nSPS) is 29.2. The molecular formula is C49H57NO10S4. The number of hydrogen-bond donors (Lipinski definition) is 7. The van der Waals surface area contributed by atoms with Gasteiger partial charge in [0.2, 0.25) is 11.5 Å². The molecule has 1 saturated heterocycles. The van der Waals surface area contributed by atoms with E-state index in [1.54, 1.807) is 22.9 Å². The highest BCUT2D eigenvalue weighted by molar-refractivity contribution is 8.77. The van der Waals surface area contributed by atoms with Crippen LogP contribution in [0.5, 0.6) is 40.2 Å². The van der Waals surface area contributed by atoms with Crippen molar-refractivity contribution in [3.63, 3.8) is 0 Å². The van der Waals surface area contributed by atoms with Crippen molar-refractivity contribution >= 4 is 48.7 Å². The zero-order valence-electron chi connectivity index (χ0n) is 36.3. The van der Waals surface area contributed by atoms with E-state index in [0.29, 0.717) is 48.5 Å². The van der Waals surface area contributed by atoms with Crippen molar-refractivity contribution in [2.24, 2.45) is 11.8 Å². The van der Waals surface area contributed by atoms with E-state index in [4.69, 9.17) is 18.9 Å². The lowest BCUT2D eigenvalue weighted by Crippen LogP contribution is -2.57. The number of rotatable bonds is 11. The van der Waals surface area contributed by atoms with Gasteiger partial charge in [-0.05, 0) is 120 Å². The number of allylic oxidation sites excluding steroid dienone is 1. The maximum atomic E-state index is 13.4. The minimum Gasteiger partial charge on any atom is -0.508 e. The summed E-state index contributed by atoms with van der Waals surface area (Å²) in [6, 6.07) is 11.2. The van der Waals surface area contributed by atoms with E-state index in [1.165, 1.54) is 23.8 Å². The number of phenols is 3. The third-order valence-corrected chi connectivity index (χ3v) is 20.6. The molecule has 1 saturated carbocycles. The molecule has 1 aromatic heterocycles. The van der Waals surface area contributed by atoms with Crippen LogP contribution in [0, 0.1) is 11.8 Å². The van der Waals surface area contributed by atoms with Gasteiger partial charge in [0.25, 0.3) is 0 Å². The molecular weight excluding hydrogens is 891 g/mol. The fraction of sp³-hybridized carbons (Fsp3) is 0.510. The van der Waals surface area contributed by atoms with E-state index in [-0.39, 0.29) is 70.5 Å². The van der Waals surface area contributed by atoms with E-state index in [9.17, 15) is 30.6 Å². The number of hydrogen-bond acceptors (Lipinski definition) is 14. The number of aromatic amines is 1. The molecule has 8 atom stereocenters. The molecule has 0 spiro atoms.